The Kier molecular flexibility index (Phi) is 8.59. The number of fused-ring (bicyclic) bond motifs is 1. The van der Waals surface area contributed by atoms with E-state index in [-0.39, 0.29) is 11.5 Å². The van der Waals surface area contributed by atoms with E-state index in [1.165, 1.54) is 4.68 Å². The van der Waals surface area contributed by atoms with Gasteiger partial charge in [0.15, 0.2) is 11.5 Å². The number of benzene rings is 3. The van der Waals surface area contributed by atoms with Crippen molar-refractivity contribution >= 4 is 49.0 Å². The van der Waals surface area contributed by atoms with Crippen molar-refractivity contribution in [1.29, 1.82) is 0 Å². The minimum atomic E-state index is -0.209. The van der Waals surface area contributed by atoms with E-state index in [9.17, 15) is 4.79 Å². The zero-order valence-electron chi connectivity index (χ0n) is 20.4. The molecular weight excluding hydrogens is 586 g/mol. The monoisotopic (exact) mass is 611 g/mol. The van der Waals surface area contributed by atoms with E-state index in [1.54, 1.807) is 12.3 Å². The van der Waals surface area contributed by atoms with E-state index in [2.05, 4.69) is 43.9 Å². The highest BCUT2D eigenvalue weighted by molar-refractivity contribution is 9.10. The minimum Gasteiger partial charge on any atom is -0.490 e. The number of ether oxygens (including phenoxy) is 2. The van der Waals surface area contributed by atoms with Crippen LogP contribution in [0.4, 0.5) is 0 Å². The average Bonchev–Trinajstić information content (AvgIpc) is 2.88. The van der Waals surface area contributed by atoms with Gasteiger partial charge in [-0.2, -0.15) is 9.78 Å². The first-order valence-electron chi connectivity index (χ1n) is 11.8. The summed E-state index contributed by atoms with van der Waals surface area (Å²) in [5.74, 6) is 1.90. The Hall–Kier alpha value is -2.97. The number of halogens is 2. The number of rotatable bonds is 9. The maximum Gasteiger partial charge on any atom is 0.282 e. The molecule has 0 radical (unpaired) electrons. The number of nitrogens with zero attached hydrogens (tertiary/aromatic N) is 3. The Morgan fingerprint density at radius 1 is 1.06 bits per heavy atom. The lowest BCUT2D eigenvalue weighted by atomic mass is 10.1. The number of hydrogen-bond acceptors (Lipinski definition) is 5. The van der Waals surface area contributed by atoms with Gasteiger partial charge in [0.25, 0.3) is 5.56 Å². The van der Waals surface area contributed by atoms with Gasteiger partial charge in [-0.3, -0.25) is 4.79 Å². The third kappa shape index (κ3) is 5.87. The molecule has 0 N–H and O–H groups in total. The normalized spacial score (nSPS) is 12.2. The Bertz CT molecular complexity index is 1450. The summed E-state index contributed by atoms with van der Waals surface area (Å²) in [5, 5.41) is 5.08. The van der Waals surface area contributed by atoms with Crippen LogP contribution in [0.1, 0.15) is 50.1 Å². The first-order valence-corrected chi connectivity index (χ1v) is 13.4. The average molecular weight is 613 g/mol. The molecule has 1 heterocycles. The fourth-order valence-electron chi connectivity index (χ4n) is 3.70. The van der Waals surface area contributed by atoms with Gasteiger partial charge in [0.1, 0.15) is 12.4 Å². The molecule has 186 valence electrons. The van der Waals surface area contributed by atoms with Gasteiger partial charge in [-0.25, -0.2) is 4.98 Å². The Morgan fingerprint density at radius 3 is 2.56 bits per heavy atom. The lowest BCUT2D eigenvalue weighted by Crippen LogP contribution is -2.23. The highest BCUT2D eigenvalue weighted by Gasteiger charge is 2.16. The van der Waals surface area contributed by atoms with Gasteiger partial charge in [-0.1, -0.05) is 60.1 Å². The van der Waals surface area contributed by atoms with Gasteiger partial charge in [0, 0.05) is 10.4 Å². The summed E-state index contributed by atoms with van der Waals surface area (Å²) in [6.07, 6.45) is 2.48. The quantitative estimate of drug-likeness (QED) is 0.186. The van der Waals surface area contributed by atoms with E-state index in [4.69, 9.17) is 14.5 Å². The van der Waals surface area contributed by atoms with E-state index >= 15 is 0 Å². The minimum absolute atomic E-state index is 0.0578. The van der Waals surface area contributed by atoms with Gasteiger partial charge in [0.2, 0.25) is 0 Å². The van der Waals surface area contributed by atoms with Gasteiger partial charge in [-0.05, 0) is 70.7 Å². The molecule has 0 spiro atoms. The van der Waals surface area contributed by atoms with Crippen molar-refractivity contribution in [2.24, 2.45) is 5.10 Å². The molecule has 3 aromatic carbocycles. The third-order valence-electron chi connectivity index (χ3n) is 5.77. The van der Waals surface area contributed by atoms with Crippen LogP contribution in [0.15, 0.2) is 79.5 Å². The van der Waals surface area contributed by atoms with Crippen LogP contribution in [0.3, 0.4) is 0 Å². The van der Waals surface area contributed by atoms with Gasteiger partial charge in [-0.15, -0.1) is 0 Å². The number of aromatic nitrogens is 2. The zero-order valence-corrected chi connectivity index (χ0v) is 23.5. The summed E-state index contributed by atoms with van der Waals surface area (Å²) >= 11 is 7.07. The van der Waals surface area contributed by atoms with Gasteiger partial charge >= 0.3 is 0 Å². The SMILES string of the molecule is CCOc1cc(C=Nn2c([C@@H](C)CC)nc3ccc(Br)cc3c2=O)cc(Br)c1OCc1ccccc1. The van der Waals surface area contributed by atoms with Crippen molar-refractivity contribution < 1.29 is 9.47 Å². The van der Waals surface area contributed by atoms with Crippen molar-refractivity contribution in [2.75, 3.05) is 6.61 Å². The Labute approximate surface area is 227 Å². The molecule has 6 nitrogen and oxygen atoms in total. The predicted octanol–water partition coefficient (Wildman–Crippen LogP) is 7.29. The van der Waals surface area contributed by atoms with Crippen molar-refractivity contribution in [3.63, 3.8) is 0 Å². The molecule has 1 atom stereocenters. The lowest BCUT2D eigenvalue weighted by Gasteiger charge is -2.15. The molecule has 0 unspecified atom stereocenters. The molecule has 0 aliphatic heterocycles. The molecule has 8 heteroatoms. The number of hydrogen-bond donors (Lipinski definition) is 0. The molecule has 1 aromatic heterocycles. The van der Waals surface area contributed by atoms with E-state index in [0.29, 0.717) is 41.4 Å². The summed E-state index contributed by atoms with van der Waals surface area (Å²) in [7, 11) is 0. The highest BCUT2D eigenvalue weighted by Crippen LogP contribution is 2.37. The standard InChI is InChI=1S/C28H27Br2N3O3/c1-4-18(3)27-32-24-12-11-21(29)15-22(24)28(34)33(27)31-16-20-13-23(30)26(25(14-20)35-5-2)36-17-19-9-7-6-8-10-19/h6-16,18H,4-5,17H2,1-3H3/t18-/m0/s1. The molecule has 0 saturated carbocycles. The van der Waals surface area contributed by atoms with Crippen LogP contribution in [0, 0.1) is 0 Å². The van der Waals surface area contributed by atoms with Crippen LogP contribution in [-0.2, 0) is 6.61 Å². The summed E-state index contributed by atoms with van der Waals surface area (Å²) in [4.78, 5) is 18.2. The first kappa shape index (κ1) is 26.1. The fourth-order valence-corrected chi connectivity index (χ4v) is 4.63. The smallest absolute Gasteiger partial charge is 0.282 e. The Morgan fingerprint density at radius 2 is 1.83 bits per heavy atom. The second kappa shape index (κ2) is 11.8. The third-order valence-corrected chi connectivity index (χ3v) is 6.85. The molecule has 36 heavy (non-hydrogen) atoms. The topological polar surface area (TPSA) is 65.7 Å². The van der Waals surface area contributed by atoms with E-state index in [0.717, 1.165) is 26.5 Å². The van der Waals surface area contributed by atoms with E-state index < -0.39 is 0 Å². The van der Waals surface area contributed by atoms with E-state index in [1.807, 2.05) is 68.4 Å². The van der Waals surface area contributed by atoms with Crippen molar-refractivity contribution in [3.05, 3.63) is 96.9 Å². The summed E-state index contributed by atoms with van der Waals surface area (Å²) < 4.78 is 14.9. The van der Waals surface area contributed by atoms with Gasteiger partial charge in [0.05, 0.1) is 28.2 Å². The summed E-state index contributed by atoms with van der Waals surface area (Å²) in [5.41, 5.74) is 2.27. The summed E-state index contributed by atoms with van der Waals surface area (Å²) in [6.45, 7) is 6.93. The molecule has 0 amide bonds. The molecular formula is C28H27Br2N3O3. The van der Waals surface area contributed by atoms with Crippen molar-refractivity contribution in [3.8, 4) is 11.5 Å². The maximum atomic E-state index is 13.4. The predicted molar refractivity (Wildman–Crippen MR) is 151 cm³/mol. The van der Waals surface area contributed by atoms with Crippen LogP contribution in [-0.4, -0.2) is 22.5 Å². The van der Waals surface area contributed by atoms with Crippen LogP contribution < -0.4 is 15.0 Å². The Balaban J connectivity index is 1.72. The van der Waals surface area contributed by atoms with Crippen LogP contribution in [0.5, 0.6) is 11.5 Å². The molecule has 0 aliphatic carbocycles. The van der Waals surface area contributed by atoms with Crippen LogP contribution >= 0.6 is 31.9 Å². The highest BCUT2D eigenvalue weighted by atomic mass is 79.9. The van der Waals surface area contributed by atoms with Crippen molar-refractivity contribution in [2.45, 2.75) is 39.7 Å². The van der Waals surface area contributed by atoms with Crippen molar-refractivity contribution in [1.82, 2.24) is 9.66 Å². The fraction of sp³-hybridized carbons (Fsp3) is 0.250. The molecule has 0 fully saturated rings. The molecule has 4 aromatic rings. The lowest BCUT2D eigenvalue weighted by molar-refractivity contribution is 0.267. The second-order valence-corrected chi connectivity index (χ2v) is 10.1. The second-order valence-electron chi connectivity index (χ2n) is 8.34. The van der Waals surface area contributed by atoms with Gasteiger partial charge < -0.3 is 9.47 Å². The summed E-state index contributed by atoms with van der Waals surface area (Å²) in [6, 6.07) is 19.2. The molecule has 0 bridgehead atoms. The van der Waals surface area contributed by atoms with Crippen LogP contribution in [0.2, 0.25) is 0 Å². The maximum absolute atomic E-state index is 13.4. The first-order chi connectivity index (χ1) is 17.4. The molecule has 0 saturated heterocycles. The largest absolute Gasteiger partial charge is 0.490 e. The zero-order chi connectivity index (χ0) is 25.7. The molecule has 0 aliphatic rings. The van der Waals surface area contributed by atoms with Crippen LogP contribution in [0.25, 0.3) is 10.9 Å². The molecule has 4 rings (SSSR count).